The molecule has 0 bridgehead atoms. The van der Waals surface area contributed by atoms with Crippen LogP contribution in [0.1, 0.15) is 18.4 Å². The van der Waals surface area contributed by atoms with Crippen molar-refractivity contribution in [2.24, 2.45) is 5.73 Å². The summed E-state index contributed by atoms with van der Waals surface area (Å²) in [5.74, 6) is -0.245. The lowest BCUT2D eigenvalue weighted by Crippen LogP contribution is -1.99. The van der Waals surface area contributed by atoms with Crippen LogP contribution >= 0.6 is 23.2 Å². The third kappa shape index (κ3) is 3.37. The van der Waals surface area contributed by atoms with Crippen LogP contribution in [0.4, 0.5) is 4.39 Å². The highest BCUT2D eigenvalue weighted by atomic mass is 35.5. The number of rotatable bonds is 5. The molecule has 0 amide bonds. The summed E-state index contributed by atoms with van der Waals surface area (Å²) in [7, 11) is 0. The Bertz CT molecular complexity index is 842. The Labute approximate surface area is 144 Å². The van der Waals surface area contributed by atoms with Gasteiger partial charge >= 0.3 is 0 Å². The number of benzene rings is 2. The number of nitrogens with one attached hydrogen (secondary N) is 1. The minimum Gasteiger partial charge on any atom is -0.354 e. The van der Waals surface area contributed by atoms with E-state index in [4.69, 9.17) is 28.9 Å². The number of aromatic amines is 1. The summed E-state index contributed by atoms with van der Waals surface area (Å²) in [6.45, 7) is 0.647. The van der Waals surface area contributed by atoms with Crippen LogP contribution in [0.15, 0.2) is 36.4 Å². The zero-order valence-electron chi connectivity index (χ0n) is 12.5. The highest BCUT2D eigenvalue weighted by Crippen LogP contribution is 2.36. The molecule has 120 valence electrons. The molecule has 0 saturated carbocycles. The van der Waals surface area contributed by atoms with Gasteiger partial charge in [0.15, 0.2) is 0 Å². The fourth-order valence-electron chi connectivity index (χ4n) is 2.85. The smallest absolute Gasteiger partial charge is 0.123 e. The van der Waals surface area contributed by atoms with Gasteiger partial charge in [-0.25, -0.2) is 4.39 Å². The molecule has 1 heterocycles. The van der Waals surface area contributed by atoms with Gasteiger partial charge < -0.3 is 10.7 Å². The Morgan fingerprint density at radius 2 is 1.87 bits per heavy atom. The molecular formula is C18H17Cl2FN2. The maximum Gasteiger partial charge on any atom is 0.123 e. The van der Waals surface area contributed by atoms with Gasteiger partial charge in [0.1, 0.15) is 5.82 Å². The maximum absolute atomic E-state index is 13.7. The Morgan fingerprint density at radius 3 is 2.61 bits per heavy atom. The number of hydrogen-bond donors (Lipinski definition) is 2. The normalized spacial score (nSPS) is 11.3. The van der Waals surface area contributed by atoms with Crippen LogP contribution in [0.25, 0.3) is 22.2 Å². The number of halogens is 3. The second kappa shape index (κ2) is 6.91. The van der Waals surface area contributed by atoms with Crippen molar-refractivity contribution in [3.63, 3.8) is 0 Å². The molecule has 3 rings (SSSR count). The molecule has 5 heteroatoms. The summed E-state index contributed by atoms with van der Waals surface area (Å²) in [5.41, 5.74) is 9.35. The van der Waals surface area contributed by atoms with Gasteiger partial charge in [-0.2, -0.15) is 0 Å². The first kappa shape index (κ1) is 16.3. The molecule has 2 nitrogen and oxygen atoms in total. The molecule has 0 spiro atoms. The lowest BCUT2D eigenvalue weighted by molar-refractivity contribution is 0.629. The van der Waals surface area contributed by atoms with Gasteiger partial charge in [0, 0.05) is 21.5 Å². The summed E-state index contributed by atoms with van der Waals surface area (Å²) in [4.78, 5) is 3.37. The van der Waals surface area contributed by atoms with Crippen molar-refractivity contribution in [1.82, 2.24) is 4.98 Å². The number of H-pyrrole nitrogens is 1. The van der Waals surface area contributed by atoms with E-state index in [2.05, 4.69) is 4.98 Å². The van der Waals surface area contributed by atoms with Crippen molar-refractivity contribution in [2.75, 3.05) is 6.54 Å². The van der Waals surface area contributed by atoms with E-state index in [1.807, 2.05) is 6.07 Å². The monoisotopic (exact) mass is 350 g/mol. The van der Waals surface area contributed by atoms with E-state index in [9.17, 15) is 4.39 Å². The summed E-state index contributed by atoms with van der Waals surface area (Å²) in [6, 6.07) is 10.2. The number of fused-ring (bicyclic) bond motifs is 1. The summed E-state index contributed by atoms with van der Waals surface area (Å²) in [6.07, 6.45) is 2.68. The minimum absolute atomic E-state index is 0.245. The van der Waals surface area contributed by atoms with Crippen LogP contribution < -0.4 is 5.73 Å². The Balaban J connectivity index is 2.16. The number of aryl methyl sites for hydroxylation is 1. The van der Waals surface area contributed by atoms with Crippen LogP contribution in [-0.4, -0.2) is 11.5 Å². The Morgan fingerprint density at radius 1 is 1.04 bits per heavy atom. The second-order valence-corrected chi connectivity index (χ2v) is 6.38. The lowest BCUT2D eigenvalue weighted by atomic mass is 10.00. The molecule has 1 aromatic heterocycles. The molecule has 0 atom stereocenters. The molecule has 23 heavy (non-hydrogen) atoms. The molecule has 0 unspecified atom stereocenters. The van der Waals surface area contributed by atoms with E-state index in [0.29, 0.717) is 16.6 Å². The minimum atomic E-state index is -0.245. The largest absolute Gasteiger partial charge is 0.354 e. The van der Waals surface area contributed by atoms with Crippen molar-refractivity contribution in [2.45, 2.75) is 19.3 Å². The van der Waals surface area contributed by atoms with Crippen LogP contribution in [0.3, 0.4) is 0 Å². The van der Waals surface area contributed by atoms with Gasteiger partial charge in [-0.05, 0) is 67.8 Å². The van der Waals surface area contributed by atoms with Crippen LogP contribution in [0, 0.1) is 5.82 Å². The first-order valence-corrected chi connectivity index (χ1v) is 8.31. The predicted octanol–water partition coefficient (Wildman–Crippen LogP) is 5.56. The molecule has 0 fully saturated rings. The summed E-state index contributed by atoms with van der Waals surface area (Å²) < 4.78 is 13.7. The molecule has 0 aliphatic heterocycles. The highest BCUT2D eigenvalue weighted by Gasteiger charge is 2.16. The average Bonchev–Trinajstić information content (AvgIpc) is 2.85. The fraction of sp³-hybridized carbons (Fsp3) is 0.222. The summed E-state index contributed by atoms with van der Waals surface area (Å²) in [5, 5.41) is 2.05. The average molecular weight is 351 g/mol. The van der Waals surface area contributed by atoms with Crippen LogP contribution in [-0.2, 0) is 6.42 Å². The molecular weight excluding hydrogens is 334 g/mol. The van der Waals surface area contributed by atoms with E-state index in [-0.39, 0.29) is 5.82 Å². The first-order valence-electron chi connectivity index (χ1n) is 7.55. The van der Waals surface area contributed by atoms with Crippen LogP contribution in [0.2, 0.25) is 10.0 Å². The van der Waals surface area contributed by atoms with Gasteiger partial charge in [0.2, 0.25) is 0 Å². The quantitative estimate of drug-likeness (QED) is 0.581. The SMILES string of the molecule is NCCCCc1c(-c2ccc(Cl)cc2Cl)[nH]c2ccc(F)cc12. The standard InChI is InChI=1S/C18H17Cl2FN2/c19-11-4-6-14(16(20)9-11)18-13(3-1-2-8-22)15-10-12(21)5-7-17(15)23-18/h4-7,9-10,23H,1-3,8,22H2. The predicted molar refractivity (Wildman–Crippen MR) is 95.7 cm³/mol. The molecule has 2 aromatic carbocycles. The van der Waals surface area contributed by atoms with Crippen molar-refractivity contribution in [1.29, 1.82) is 0 Å². The zero-order valence-corrected chi connectivity index (χ0v) is 14.0. The third-order valence-electron chi connectivity index (χ3n) is 3.95. The molecule has 0 radical (unpaired) electrons. The van der Waals surface area contributed by atoms with Crippen molar-refractivity contribution < 1.29 is 4.39 Å². The number of unbranched alkanes of at least 4 members (excludes halogenated alkanes) is 1. The van der Waals surface area contributed by atoms with E-state index in [1.54, 1.807) is 24.3 Å². The van der Waals surface area contributed by atoms with E-state index in [0.717, 1.165) is 47.0 Å². The highest BCUT2D eigenvalue weighted by molar-refractivity contribution is 6.36. The van der Waals surface area contributed by atoms with Crippen molar-refractivity contribution in [3.8, 4) is 11.3 Å². The number of nitrogens with two attached hydrogens (primary N) is 1. The lowest BCUT2D eigenvalue weighted by Gasteiger charge is -2.07. The van der Waals surface area contributed by atoms with Gasteiger partial charge in [-0.3, -0.25) is 0 Å². The molecule has 3 N–H and O–H groups in total. The number of hydrogen-bond acceptors (Lipinski definition) is 1. The van der Waals surface area contributed by atoms with E-state index < -0.39 is 0 Å². The molecule has 3 aromatic rings. The Kier molecular flexibility index (Phi) is 4.90. The van der Waals surface area contributed by atoms with Gasteiger partial charge in [-0.1, -0.05) is 23.2 Å². The molecule has 0 aliphatic carbocycles. The summed E-state index contributed by atoms with van der Waals surface area (Å²) >= 11 is 12.3. The third-order valence-corrected chi connectivity index (χ3v) is 4.50. The molecule has 0 saturated heterocycles. The second-order valence-electron chi connectivity index (χ2n) is 5.54. The first-order chi connectivity index (χ1) is 11.1. The Hall–Kier alpha value is -1.55. The topological polar surface area (TPSA) is 41.8 Å². The van der Waals surface area contributed by atoms with Gasteiger partial charge in [0.05, 0.1) is 10.7 Å². The van der Waals surface area contributed by atoms with E-state index >= 15 is 0 Å². The zero-order chi connectivity index (χ0) is 16.4. The van der Waals surface area contributed by atoms with Gasteiger partial charge in [-0.15, -0.1) is 0 Å². The van der Waals surface area contributed by atoms with Crippen LogP contribution in [0.5, 0.6) is 0 Å². The molecule has 0 aliphatic rings. The van der Waals surface area contributed by atoms with Crippen molar-refractivity contribution >= 4 is 34.1 Å². The maximum atomic E-state index is 13.7. The van der Waals surface area contributed by atoms with Crippen molar-refractivity contribution in [3.05, 3.63) is 57.8 Å². The van der Waals surface area contributed by atoms with E-state index in [1.165, 1.54) is 6.07 Å². The fourth-order valence-corrected chi connectivity index (χ4v) is 3.35. The number of aromatic nitrogens is 1. The van der Waals surface area contributed by atoms with Gasteiger partial charge in [0.25, 0.3) is 0 Å².